The molecule has 0 radical (unpaired) electrons. The van der Waals surface area contributed by atoms with E-state index in [4.69, 9.17) is 0 Å². The SMILES string of the molecule is CCCCCCC(CC)NCC(O)c1ccccc1NS(C)(=O)=O. The number of para-hydroxylation sites is 1. The van der Waals surface area contributed by atoms with Crippen molar-refractivity contribution >= 4 is 15.7 Å². The van der Waals surface area contributed by atoms with Gasteiger partial charge in [0.15, 0.2) is 0 Å². The van der Waals surface area contributed by atoms with Gasteiger partial charge < -0.3 is 10.4 Å². The van der Waals surface area contributed by atoms with E-state index < -0.39 is 16.1 Å². The third kappa shape index (κ3) is 8.13. The van der Waals surface area contributed by atoms with Crippen LogP contribution in [0, 0.1) is 0 Å². The molecule has 0 heterocycles. The van der Waals surface area contributed by atoms with Crippen LogP contribution in [0.5, 0.6) is 0 Å². The molecule has 0 spiro atoms. The topological polar surface area (TPSA) is 78.4 Å². The van der Waals surface area contributed by atoms with E-state index in [-0.39, 0.29) is 0 Å². The summed E-state index contributed by atoms with van der Waals surface area (Å²) >= 11 is 0. The summed E-state index contributed by atoms with van der Waals surface area (Å²) in [5.74, 6) is 0. The quantitative estimate of drug-likeness (QED) is 0.501. The number of rotatable bonds is 12. The average molecular weight is 357 g/mol. The van der Waals surface area contributed by atoms with Gasteiger partial charge in [-0.1, -0.05) is 57.7 Å². The highest BCUT2D eigenvalue weighted by Crippen LogP contribution is 2.23. The molecule has 0 aromatic heterocycles. The Morgan fingerprint density at radius 2 is 1.83 bits per heavy atom. The lowest BCUT2D eigenvalue weighted by molar-refractivity contribution is 0.169. The predicted octanol–water partition coefficient (Wildman–Crippen LogP) is 3.43. The van der Waals surface area contributed by atoms with E-state index in [0.29, 0.717) is 23.8 Å². The molecule has 5 nitrogen and oxygen atoms in total. The Morgan fingerprint density at radius 3 is 2.46 bits per heavy atom. The van der Waals surface area contributed by atoms with Crippen LogP contribution in [0.25, 0.3) is 0 Å². The molecule has 0 amide bonds. The van der Waals surface area contributed by atoms with Gasteiger partial charge in [0.2, 0.25) is 10.0 Å². The number of hydrogen-bond acceptors (Lipinski definition) is 4. The lowest BCUT2D eigenvalue weighted by Crippen LogP contribution is -2.32. The summed E-state index contributed by atoms with van der Waals surface area (Å²) in [6.45, 7) is 4.76. The minimum Gasteiger partial charge on any atom is -0.387 e. The van der Waals surface area contributed by atoms with Crippen molar-refractivity contribution in [1.82, 2.24) is 5.32 Å². The van der Waals surface area contributed by atoms with E-state index in [1.807, 2.05) is 0 Å². The summed E-state index contributed by atoms with van der Waals surface area (Å²) in [5, 5.41) is 13.9. The highest BCUT2D eigenvalue weighted by Gasteiger charge is 2.16. The fourth-order valence-corrected chi connectivity index (χ4v) is 3.32. The van der Waals surface area contributed by atoms with Crippen molar-refractivity contribution in [3.8, 4) is 0 Å². The van der Waals surface area contributed by atoms with Crippen molar-refractivity contribution in [3.05, 3.63) is 29.8 Å². The van der Waals surface area contributed by atoms with Gasteiger partial charge in [0.25, 0.3) is 0 Å². The Morgan fingerprint density at radius 1 is 1.12 bits per heavy atom. The molecule has 0 aliphatic heterocycles. The fourth-order valence-electron chi connectivity index (χ4n) is 2.74. The molecule has 3 N–H and O–H groups in total. The summed E-state index contributed by atoms with van der Waals surface area (Å²) in [7, 11) is -3.37. The van der Waals surface area contributed by atoms with E-state index in [1.165, 1.54) is 25.7 Å². The first kappa shape index (κ1) is 20.9. The maximum Gasteiger partial charge on any atom is 0.229 e. The lowest BCUT2D eigenvalue weighted by Gasteiger charge is -2.21. The molecule has 1 rings (SSSR count). The molecule has 138 valence electrons. The number of benzene rings is 1. The first-order valence-corrected chi connectivity index (χ1v) is 10.7. The van der Waals surface area contributed by atoms with Crippen molar-refractivity contribution in [2.24, 2.45) is 0 Å². The van der Waals surface area contributed by atoms with Crippen molar-refractivity contribution in [3.63, 3.8) is 0 Å². The molecule has 24 heavy (non-hydrogen) atoms. The molecule has 6 heteroatoms. The van der Waals surface area contributed by atoms with E-state index in [2.05, 4.69) is 23.9 Å². The number of aliphatic hydroxyl groups excluding tert-OH is 1. The minimum absolute atomic E-state index is 0.381. The molecule has 0 saturated heterocycles. The van der Waals surface area contributed by atoms with Gasteiger partial charge in [-0.3, -0.25) is 4.72 Å². The van der Waals surface area contributed by atoms with Crippen LogP contribution < -0.4 is 10.0 Å². The molecule has 0 aliphatic rings. The Labute approximate surface area is 146 Å². The zero-order chi connectivity index (χ0) is 18.0. The zero-order valence-corrected chi connectivity index (χ0v) is 15.9. The Balaban J connectivity index is 2.59. The van der Waals surface area contributed by atoms with Gasteiger partial charge in [0.05, 0.1) is 18.0 Å². The van der Waals surface area contributed by atoms with Crippen LogP contribution in [0.3, 0.4) is 0 Å². The molecule has 1 aromatic carbocycles. The third-order valence-electron chi connectivity index (χ3n) is 4.11. The van der Waals surface area contributed by atoms with E-state index in [9.17, 15) is 13.5 Å². The molecule has 2 atom stereocenters. The highest BCUT2D eigenvalue weighted by atomic mass is 32.2. The normalized spacial score (nSPS) is 14.3. The zero-order valence-electron chi connectivity index (χ0n) is 15.1. The van der Waals surface area contributed by atoms with Gasteiger partial charge in [-0.25, -0.2) is 8.42 Å². The van der Waals surface area contributed by atoms with Crippen molar-refractivity contribution in [1.29, 1.82) is 0 Å². The van der Waals surface area contributed by atoms with Crippen LogP contribution in [-0.2, 0) is 10.0 Å². The first-order chi connectivity index (χ1) is 11.4. The van der Waals surface area contributed by atoms with Crippen LogP contribution in [0.1, 0.15) is 64.0 Å². The minimum atomic E-state index is -3.37. The lowest BCUT2D eigenvalue weighted by atomic mass is 10.0. The fraction of sp³-hybridized carbons (Fsp3) is 0.667. The Bertz CT molecular complexity index is 575. The van der Waals surface area contributed by atoms with Gasteiger partial charge in [-0.05, 0) is 18.9 Å². The summed E-state index contributed by atoms with van der Waals surface area (Å²) in [6.07, 6.45) is 7.42. The molecular formula is C18H32N2O3S. The van der Waals surface area contributed by atoms with Gasteiger partial charge in [-0.15, -0.1) is 0 Å². The monoisotopic (exact) mass is 356 g/mol. The van der Waals surface area contributed by atoms with Crippen LogP contribution in [0.2, 0.25) is 0 Å². The van der Waals surface area contributed by atoms with Crippen molar-refractivity contribution < 1.29 is 13.5 Å². The van der Waals surface area contributed by atoms with Gasteiger partial charge in [0.1, 0.15) is 0 Å². The molecule has 0 fully saturated rings. The van der Waals surface area contributed by atoms with Crippen LogP contribution in [0.4, 0.5) is 5.69 Å². The first-order valence-electron chi connectivity index (χ1n) is 8.85. The van der Waals surface area contributed by atoms with Crippen LogP contribution in [-0.4, -0.2) is 32.4 Å². The molecule has 1 aromatic rings. The third-order valence-corrected chi connectivity index (χ3v) is 4.70. The Kier molecular flexibility index (Phi) is 9.33. The van der Waals surface area contributed by atoms with Gasteiger partial charge in [0, 0.05) is 18.2 Å². The van der Waals surface area contributed by atoms with E-state index in [1.54, 1.807) is 24.3 Å². The average Bonchev–Trinajstić information content (AvgIpc) is 2.53. The van der Waals surface area contributed by atoms with Crippen molar-refractivity contribution in [2.75, 3.05) is 17.5 Å². The molecule has 0 bridgehead atoms. The van der Waals surface area contributed by atoms with Crippen LogP contribution in [0.15, 0.2) is 24.3 Å². The molecular weight excluding hydrogens is 324 g/mol. The van der Waals surface area contributed by atoms with Crippen LogP contribution >= 0.6 is 0 Å². The number of aliphatic hydroxyl groups is 1. The number of sulfonamides is 1. The largest absolute Gasteiger partial charge is 0.387 e. The second kappa shape index (κ2) is 10.7. The number of nitrogens with one attached hydrogen (secondary N) is 2. The maximum atomic E-state index is 11.5. The standard InChI is InChI=1S/C18H32N2O3S/c1-4-6-7-8-11-15(5-2)19-14-18(21)16-12-9-10-13-17(16)20-24(3,22)23/h9-10,12-13,15,18-21H,4-8,11,14H2,1-3H3. The second-order valence-electron chi connectivity index (χ2n) is 6.34. The Hall–Kier alpha value is -1.11. The van der Waals surface area contributed by atoms with Crippen molar-refractivity contribution in [2.45, 2.75) is 64.5 Å². The number of unbranched alkanes of at least 4 members (excludes halogenated alkanes) is 3. The smallest absolute Gasteiger partial charge is 0.229 e. The second-order valence-corrected chi connectivity index (χ2v) is 8.09. The maximum absolute atomic E-state index is 11.5. The summed E-state index contributed by atoms with van der Waals surface area (Å²) in [6, 6.07) is 7.35. The molecule has 2 unspecified atom stereocenters. The summed E-state index contributed by atoms with van der Waals surface area (Å²) < 4.78 is 25.4. The highest BCUT2D eigenvalue weighted by molar-refractivity contribution is 7.92. The van der Waals surface area contributed by atoms with Gasteiger partial charge in [-0.2, -0.15) is 0 Å². The van der Waals surface area contributed by atoms with E-state index >= 15 is 0 Å². The van der Waals surface area contributed by atoms with E-state index in [0.717, 1.165) is 19.1 Å². The number of anilines is 1. The molecule has 0 aliphatic carbocycles. The summed E-state index contributed by atoms with van der Waals surface area (Å²) in [5.41, 5.74) is 1.03. The predicted molar refractivity (Wildman–Crippen MR) is 101 cm³/mol. The van der Waals surface area contributed by atoms with Gasteiger partial charge >= 0.3 is 0 Å². The summed E-state index contributed by atoms with van der Waals surface area (Å²) in [4.78, 5) is 0. The molecule has 0 saturated carbocycles. The number of hydrogen-bond donors (Lipinski definition) is 3.